The Morgan fingerprint density at radius 1 is 1.39 bits per heavy atom. The molecule has 0 N–H and O–H groups in total. The number of aryl methyl sites for hydroxylation is 2. The van der Waals surface area contributed by atoms with E-state index in [1.165, 1.54) is 6.08 Å². The molecule has 0 saturated carbocycles. The van der Waals surface area contributed by atoms with Gasteiger partial charge >= 0.3 is 0 Å². The topological polar surface area (TPSA) is 44.8 Å². The molecule has 0 amide bonds. The van der Waals surface area contributed by atoms with Crippen molar-refractivity contribution in [2.24, 2.45) is 14.1 Å². The Labute approximate surface area is 106 Å². The van der Waals surface area contributed by atoms with Gasteiger partial charge in [0.05, 0.1) is 14.1 Å². The molecule has 4 heteroatoms. The molecular formula is C14H15N3O. The van der Waals surface area contributed by atoms with E-state index in [2.05, 4.69) is 11.7 Å². The van der Waals surface area contributed by atoms with Gasteiger partial charge < -0.3 is 5.11 Å². The maximum atomic E-state index is 12.1. The molecule has 0 unspecified atom stereocenters. The maximum absolute atomic E-state index is 12.1. The summed E-state index contributed by atoms with van der Waals surface area (Å²) in [4.78, 5) is 0. The Hall–Kier alpha value is -2.36. The molecule has 0 spiro atoms. The molecule has 0 aliphatic rings. The van der Waals surface area contributed by atoms with E-state index in [9.17, 15) is 5.11 Å². The van der Waals surface area contributed by atoms with Crippen molar-refractivity contribution < 1.29 is 9.67 Å². The average molecular weight is 241 g/mol. The molecular weight excluding hydrogens is 226 g/mol. The summed E-state index contributed by atoms with van der Waals surface area (Å²) >= 11 is 0. The summed E-state index contributed by atoms with van der Waals surface area (Å²) in [7, 11) is 3.53. The van der Waals surface area contributed by atoms with Gasteiger partial charge in [-0.1, -0.05) is 43.0 Å². The van der Waals surface area contributed by atoms with Gasteiger partial charge in [0, 0.05) is 5.10 Å². The first-order valence-corrected chi connectivity index (χ1v) is 5.60. The Balaban J connectivity index is 2.32. The lowest BCUT2D eigenvalue weighted by Gasteiger charge is -2.10. The summed E-state index contributed by atoms with van der Waals surface area (Å²) in [6.07, 6.45) is 3.14. The van der Waals surface area contributed by atoms with Crippen molar-refractivity contribution in [3.63, 3.8) is 0 Å². The van der Waals surface area contributed by atoms with Gasteiger partial charge in [-0.2, -0.15) is 0 Å². The first-order chi connectivity index (χ1) is 8.59. The van der Waals surface area contributed by atoms with E-state index < -0.39 is 0 Å². The van der Waals surface area contributed by atoms with Crippen molar-refractivity contribution in [3.8, 4) is 0 Å². The van der Waals surface area contributed by atoms with Crippen LogP contribution < -0.4 is 9.67 Å². The first kappa shape index (κ1) is 12.1. The predicted octanol–water partition coefficient (Wildman–Crippen LogP) is 0.659. The molecule has 0 bridgehead atoms. The summed E-state index contributed by atoms with van der Waals surface area (Å²) in [6.45, 7) is 3.92. The molecule has 92 valence electrons. The molecule has 18 heavy (non-hydrogen) atoms. The molecule has 0 radical (unpaired) electrons. The molecule has 0 aliphatic carbocycles. The monoisotopic (exact) mass is 241 g/mol. The highest BCUT2D eigenvalue weighted by molar-refractivity contribution is 5.77. The van der Waals surface area contributed by atoms with Gasteiger partial charge in [-0.3, -0.25) is 0 Å². The smallest absolute Gasteiger partial charge is 0.265 e. The highest BCUT2D eigenvalue weighted by Gasteiger charge is 2.10. The Bertz CT molecular complexity index is 577. The average Bonchev–Trinajstić information content (AvgIpc) is 2.70. The number of aromatic nitrogens is 3. The second kappa shape index (κ2) is 4.87. The van der Waals surface area contributed by atoms with Crippen molar-refractivity contribution in [3.05, 3.63) is 60.7 Å². The van der Waals surface area contributed by atoms with Gasteiger partial charge in [0.25, 0.3) is 12.2 Å². The lowest BCUT2D eigenvalue weighted by atomic mass is 10.1. The second-order valence-corrected chi connectivity index (χ2v) is 4.09. The van der Waals surface area contributed by atoms with Crippen LogP contribution in [0.1, 0.15) is 11.4 Å². The molecule has 1 aromatic carbocycles. The zero-order chi connectivity index (χ0) is 13.1. The van der Waals surface area contributed by atoms with Gasteiger partial charge in [-0.05, 0) is 16.9 Å². The van der Waals surface area contributed by atoms with Crippen molar-refractivity contribution in [2.75, 3.05) is 0 Å². The second-order valence-electron chi connectivity index (χ2n) is 4.09. The largest absolute Gasteiger partial charge is 0.868 e. The zero-order valence-corrected chi connectivity index (χ0v) is 10.5. The molecule has 1 aromatic heterocycles. The van der Waals surface area contributed by atoms with E-state index in [1.54, 1.807) is 29.7 Å². The van der Waals surface area contributed by atoms with Crippen LogP contribution >= 0.6 is 0 Å². The summed E-state index contributed by atoms with van der Waals surface area (Å²) in [6, 6.07) is 9.62. The Morgan fingerprint density at radius 2 is 2.06 bits per heavy atom. The number of allylic oxidation sites excluding steroid dienone is 2. The fourth-order valence-electron chi connectivity index (χ4n) is 1.78. The Morgan fingerprint density at radius 3 is 2.61 bits per heavy atom. The molecule has 0 saturated heterocycles. The minimum absolute atomic E-state index is 0.105. The van der Waals surface area contributed by atoms with Crippen molar-refractivity contribution in [1.29, 1.82) is 0 Å². The summed E-state index contributed by atoms with van der Waals surface area (Å²) in [5.41, 5.74) is 1.64. The number of benzene rings is 1. The van der Waals surface area contributed by atoms with Crippen LogP contribution in [0.3, 0.4) is 0 Å². The SMILES string of the molecule is C=C(/C=C(\[O-])c1n(C)nc[n+]1C)c1ccccc1. The molecule has 4 nitrogen and oxygen atoms in total. The predicted molar refractivity (Wildman–Crippen MR) is 67.8 cm³/mol. The molecule has 0 fully saturated rings. The summed E-state index contributed by atoms with van der Waals surface area (Å²) in [5.74, 6) is 0.415. The number of nitrogens with zero attached hydrogens (tertiary/aromatic N) is 3. The van der Waals surface area contributed by atoms with Gasteiger partial charge in [0.2, 0.25) is 0 Å². The lowest BCUT2D eigenvalue weighted by molar-refractivity contribution is -0.677. The van der Waals surface area contributed by atoms with E-state index in [0.717, 1.165) is 5.56 Å². The van der Waals surface area contributed by atoms with E-state index in [1.807, 2.05) is 30.3 Å². The van der Waals surface area contributed by atoms with Gasteiger partial charge in [-0.25, -0.2) is 4.57 Å². The van der Waals surface area contributed by atoms with Crippen LogP contribution in [0, 0.1) is 0 Å². The summed E-state index contributed by atoms with van der Waals surface area (Å²) in [5, 5.41) is 16.2. The zero-order valence-electron chi connectivity index (χ0n) is 10.5. The van der Waals surface area contributed by atoms with Crippen LogP contribution in [0.2, 0.25) is 0 Å². The van der Waals surface area contributed by atoms with Gasteiger partial charge in [0.1, 0.15) is 0 Å². The third kappa shape index (κ3) is 2.32. The van der Waals surface area contributed by atoms with Gasteiger partial charge in [-0.15, -0.1) is 4.68 Å². The number of hydrogen-bond acceptors (Lipinski definition) is 2. The highest BCUT2D eigenvalue weighted by Crippen LogP contribution is 2.15. The molecule has 2 rings (SSSR count). The number of rotatable bonds is 3. The lowest BCUT2D eigenvalue weighted by Crippen LogP contribution is -2.33. The molecule has 0 atom stereocenters. The molecule has 2 aromatic rings. The normalized spacial score (nSPS) is 11.6. The fraction of sp³-hybridized carbons (Fsp3) is 0.143. The maximum Gasteiger partial charge on any atom is 0.265 e. The first-order valence-electron chi connectivity index (χ1n) is 5.60. The minimum atomic E-state index is -0.105. The Kier molecular flexibility index (Phi) is 3.28. The van der Waals surface area contributed by atoms with Crippen molar-refractivity contribution in [1.82, 2.24) is 9.78 Å². The standard InChI is InChI=1S/C14H15N3O/c1-11(12-7-5-4-6-8-12)9-13(18)14-16(2)10-15-17(14)3/h4-10H,1H2,2-3H3/b13-9-. The van der Waals surface area contributed by atoms with Crippen LogP contribution in [0.25, 0.3) is 11.3 Å². The van der Waals surface area contributed by atoms with E-state index >= 15 is 0 Å². The van der Waals surface area contributed by atoms with Gasteiger partial charge in [0.15, 0.2) is 0 Å². The third-order valence-corrected chi connectivity index (χ3v) is 2.71. The molecule has 0 aliphatic heterocycles. The quantitative estimate of drug-likeness (QED) is 0.450. The van der Waals surface area contributed by atoms with Crippen LogP contribution in [-0.2, 0) is 14.1 Å². The van der Waals surface area contributed by atoms with E-state index in [-0.39, 0.29) is 5.76 Å². The minimum Gasteiger partial charge on any atom is -0.868 e. The highest BCUT2D eigenvalue weighted by atomic mass is 16.3. The fourth-order valence-corrected chi connectivity index (χ4v) is 1.78. The van der Waals surface area contributed by atoms with Crippen LogP contribution in [-0.4, -0.2) is 9.78 Å². The third-order valence-electron chi connectivity index (χ3n) is 2.71. The summed E-state index contributed by atoms with van der Waals surface area (Å²) < 4.78 is 3.24. The number of hydrogen-bond donors (Lipinski definition) is 0. The van der Waals surface area contributed by atoms with Crippen LogP contribution in [0.15, 0.2) is 49.3 Å². The van der Waals surface area contributed by atoms with E-state index in [0.29, 0.717) is 11.4 Å². The van der Waals surface area contributed by atoms with Crippen LogP contribution in [0.4, 0.5) is 0 Å². The van der Waals surface area contributed by atoms with E-state index in [4.69, 9.17) is 0 Å². The van der Waals surface area contributed by atoms with Crippen molar-refractivity contribution in [2.45, 2.75) is 0 Å². The van der Waals surface area contributed by atoms with Crippen LogP contribution in [0.5, 0.6) is 0 Å². The molecule has 1 heterocycles. The van der Waals surface area contributed by atoms with Crippen molar-refractivity contribution >= 4 is 11.3 Å².